The molecule has 17 heavy (non-hydrogen) atoms. The van der Waals surface area contributed by atoms with Crippen molar-refractivity contribution in [3.8, 4) is 0 Å². The summed E-state index contributed by atoms with van der Waals surface area (Å²) >= 11 is 4.54. The molecule has 1 aromatic rings. The van der Waals surface area contributed by atoms with Crippen molar-refractivity contribution in [2.45, 2.75) is 24.8 Å². The summed E-state index contributed by atoms with van der Waals surface area (Å²) < 4.78 is 31.4. The van der Waals surface area contributed by atoms with Gasteiger partial charge in [-0.3, -0.25) is 4.79 Å². The van der Waals surface area contributed by atoms with Gasteiger partial charge in [-0.25, -0.2) is 8.42 Å². The number of carbonyl (C=O) groups is 1. The maximum Gasteiger partial charge on any atom is 0.323 e. The van der Waals surface area contributed by atoms with E-state index in [1.807, 2.05) is 0 Å². The Hall–Kier alpha value is -0.440. The minimum Gasteiger partial charge on any atom is -0.468 e. The first kappa shape index (κ1) is 14.6. The molecule has 0 aliphatic carbocycles. The second-order valence-corrected chi connectivity index (χ2v) is 7.66. The molecular formula is C9H12BrNO4S2. The molecule has 96 valence electrons. The quantitative estimate of drug-likeness (QED) is 0.845. The Kier molecular flexibility index (Phi) is 4.70. The first-order chi connectivity index (χ1) is 7.77. The second kappa shape index (κ2) is 5.47. The van der Waals surface area contributed by atoms with Crippen LogP contribution in [-0.4, -0.2) is 27.5 Å². The Balaban J connectivity index is 2.97. The van der Waals surface area contributed by atoms with E-state index in [9.17, 15) is 13.2 Å². The van der Waals surface area contributed by atoms with Gasteiger partial charge in [0.1, 0.15) is 6.04 Å². The first-order valence-corrected chi connectivity index (χ1v) is 7.73. The van der Waals surface area contributed by atoms with Crippen molar-refractivity contribution in [2.75, 3.05) is 7.11 Å². The zero-order valence-electron chi connectivity index (χ0n) is 9.48. The van der Waals surface area contributed by atoms with E-state index < -0.39 is 22.0 Å². The number of methoxy groups -OCH3 is 1. The minimum absolute atomic E-state index is 0.171. The highest BCUT2D eigenvalue weighted by Gasteiger charge is 2.25. The van der Waals surface area contributed by atoms with Crippen LogP contribution in [0, 0.1) is 6.92 Å². The molecule has 0 saturated heterocycles. The predicted molar refractivity (Wildman–Crippen MR) is 68.6 cm³/mol. The Morgan fingerprint density at radius 2 is 2.18 bits per heavy atom. The van der Waals surface area contributed by atoms with Gasteiger partial charge in [-0.2, -0.15) is 4.72 Å². The number of nitrogens with one attached hydrogen (secondary N) is 1. The molecule has 0 aromatic carbocycles. The maximum atomic E-state index is 12.0. The number of esters is 1. The van der Waals surface area contributed by atoms with Crippen molar-refractivity contribution in [1.29, 1.82) is 0 Å². The average molecular weight is 342 g/mol. The first-order valence-electron chi connectivity index (χ1n) is 4.64. The van der Waals surface area contributed by atoms with Crippen molar-refractivity contribution in [2.24, 2.45) is 0 Å². The van der Waals surface area contributed by atoms with Gasteiger partial charge >= 0.3 is 5.97 Å². The van der Waals surface area contributed by atoms with Gasteiger partial charge < -0.3 is 4.74 Å². The average Bonchev–Trinajstić information content (AvgIpc) is 2.56. The molecule has 0 saturated carbocycles. The van der Waals surface area contributed by atoms with Crippen molar-refractivity contribution in [3.05, 3.63) is 14.7 Å². The van der Waals surface area contributed by atoms with Crippen LogP contribution in [0.5, 0.6) is 0 Å². The third-order valence-corrected chi connectivity index (χ3v) is 5.37. The number of sulfonamides is 1. The number of ether oxygens (including phenoxy) is 1. The lowest BCUT2D eigenvalue weighted by Crippen LogP contribution is -2.39. The molecule has 1 heterocycles. The van der Waals surface area contributed by atoms with Gasteiger partial charge in [0.05, 0.1) is 15.8 Å². The summed E-state index contributed by atoms with van der Waals surface area (Å²) in [7, 11) is -2.49. The van der Waals surface area contributed by atoms with E-state index in [0.29, 0.717) is 4.88 Å². The maximum absolute atomic E-state index is 12.0. The molecule has 0 aliphatic heterocycles. The summed E-state index contributed by atoms with van der Waals surface area (Å²) in [4.78, 5) is 12.0. The molecule has 1 N–H and O–H groups in total. The van der Waals surface area contributed by atoms with Gasteiger partial charge in [-0.15, -0.1) is 11.3 Å². The molecule has 1 atom stereocenters. The van der Waals surface area contributed by atoms with Gasteiger partial charge in [0.15, 0.2) is 0 Å². The number of carbonyl (C=O) groups excluding carboxylic acids is 1. The van der Waals surface area contributed by atoms with Gasteiger partial charge in [-0.1, -0.05) is 0 Å². The van der Waals surface area contributed by atoms with Crippen LogP contribution >= 0.6 is 27.3 Å². The van der Waals surface area contributed by atoms with Crippen molar-refractivity contribution >= 4 is 43.3 Å². The molecular weight excluding hydrogens is 330 g/mol. The van der Waals surface area contributed by atoms with Crippen LogP contribution in [0.1, 0.15) is 11.8 Å². The molecule has 0 radical (unpaired) electrons. The van der Waals surface area contributed by atoms with E-state index in [4.69, 9.17) is 0 Å². The van der Waals surface area contributed by atoms with Crippen molar-refractivity contribution < 1.29 is 17.9 Å². The lowest BCUT2D eigenvalue weighted by molar-refractivity contribution is -0.142. The van der Waals surface area contributed by atoms with Gasteiger partial charge in [0.25, 0.3) is 0 Å². The van der Waals surface area contributed by atoms with Crippen LogP contribution in [0.3, 0.4) is 0 Å². The van der Waals surface area contributed by atoms with E-state index in [1.54, 1.807) is 6.92 Å². The van der Waals surface area contributed by atoms with Crippen molar-refractivity contribution in [3.63, 3.8) is 0 Å². The summed E-state index contributed by atoms with van der Waals surface area (Å²) in [6.45, 7) is 3.13. The highest BCUT2D eigenvalue weighted by molar-refractivity contribution is 9.11. The largest absolute Gasteiger partial charge is 0.468 e. The summed E-state index contributed by atoms with van der Waals surface area (Å²) in [5.41, 5.74) is 0. The van der Waals surface area contributed by atoms with Crippen LogP contribution in [0.4, 0.5) is 0 Å². The zero-order valence-corrected chi connectivity index (χ0v) is 12.7. The standard InChI is InChI=1S/C9H12BrNO4S2/c1-5(9(12)15-3)11-17(13,14)7-4-8(10)16-6(7)2/h4-5,11H,1-3H3/t5-/m0/s1. The lowest BCUT2D eigenvalue weighted by Gasteiger charge is -2.11. The van der Waals surface area contributed by atoms with Crippen molar-refractivity contribution in [1.82, 2.24) is 4.72 Å². The molecule has 0 amide bonds. The number of aryl methyl sites for hydroxylation is 1. The molecule has 1 aromatic heterocycles. The molecule has 0 fully saturated rings. The molecule has 0 aliphatic rings. The number of hydrogen-bond acceptors (Lipinski definition) is 5. The Bertz CT molecular complexity index is 523. The summed E-state index contributed by atoms with van der Waals surface area (Å²) in [6.07, 6.45) is 0. The van der Waals surface area contributed by atoms with Crippen LogP contribution in [-0.2, 0) is 19.6 Å². The number of halogens is 1. The Morgan fingerprint density at radius 3 is 2.59 bits per heavy atom. The Labute approximate surface area is 112 Å². The smallest absolute Gasteiger partial charge is 0.323 e. The van der Waals surface area contributed by atoms with Crippen LogP contribution in [0.25, 0.3) is 0 Å². The van der Waals surface area contributed by atoms with Gasteiger partial charge in [0, 0.05) is 4.88 Å². The summed E-state index contributed by atoms with van der Waals surface area (Å²) in [6, 6.07) is 0.592. The summed E-state index contributed by atoms with van der Waals surface area (Å²) in [5.74, 6) is -0.625. The molecule has 0 bridgehead atoms. The third kappa shape index (κ3) is 3.51. The minimum atomic E-state index is -3.69. The van der Waals surface area contributed by atoms with E-state index in [1.165, 1.54) is 31.4 Å². The van der Waals surface area contributed by atoms with Gasteiger partial charge in [0.2, 0.25) is 10.0 Å². The van der Waals surface area contributed by atoms with E-state index in [-0.39, 0.29) is 4.90 Å². The Morgan fingerprint density at radius 1 is 1.59 bits per heavy atom. The fourth-order valence-corrected chi connectivity index (χ4v) is 4.83. The predicted octanol–water partition coefficient (Wildman–Crippen LogP) is 1.66. The monoisotopic (exact) mass is 341 g/mol. The fourth-order valence-electron chi connectivity index (χ4n) is 1.22. The molecule has 8 heteroatoms. The lowest BCUT2D eigenvalue weighted by atomic mass is 10.4. The number of hydrogen-bond donors (Lipinski definition) is 1. The third-order valence-electron chi connectivity index (χ3n) is 2.02. The normalized spacial score (nSPS) is 13.4. The fraction of sp³-hybridized carbons (Fsp3) is 0.444. The van der Waals surface area contributed by atoms with Gasteiger partial charge in [-0.05, 0) is 35.8 Å². The molecule has 5 nitrogen and oxygen atoms in total. The number of thiophene rings is 1. The van der Waals surface area contributed by atoms with E-state index in [2.05, 4.69) is 25.4 Å². The molecule has 0 spiro atoms. The van der Waals surface area contributed by atoms with Crippen LogP contribution in [0.15, 0.2) is 14.7 Å². The SMILES string of the molecule is COC(=O)[C@H](C)NS(=O)(=O)c1cc(Br)sc1C. The van der Waals surface area contributed by atoms with Crippen LogP contribution in [0.2, 0.25) is 0 Å². The highest BCUT2D eigenvalue weighted by Crippen LogP contribution is 2.29. The van der Waals surface area contributed by atoms with E-state index in [0.717, 1.165) is 3.79 Å². The summed E-state index contributed by atoms with van der Waals surface area (Å²) in [5, 5.41) is 0. The van der Waals surface area contributed by atoms with E-state index >= 15 is 0 Å². The topological polar surface area (TPSA) is 72.5 Å². The second-order valence-electron chi connectivity index (χ2n) is 3.34. The number of rotatable bonds is 4. The molecule has 1 rings (SSSR count). The zero-order chi connectivity index (χ0) is 13.2. The molecule has 0 unspecified atom stereocenters. The van der Waals surface area contributed by atoms with Crippen LogP contribution < -0.4 is 4.72 Å². The highest BCUT2D eigenvalue weighted by atomic mass is 79.9.